The molecule has 0 unspecified atom stereocenters. The zero-order valence-corrected chi connectivity index (χ0v) is 19.5. The minimum atomic E-state index is -0.548. The summed E-state index contributed by atoms with van der Waals surface area (Å²) in [5.41, 5.74) is 6.43. The molecule has 3 rings (SSSR count). The minimum Gasteiger partial charge on any atom is -0.396 e. The third-order valence-corrected chi connectivity index (χ3v) is 4.52. The number of carbonyl (C=O) groups is 1. The zero-order valence-electron chi connectivity index (χ0n) is 16.4. The number of nitro benzene ring substituents is 1. The molecule has 1 aromatic carbocycles. The Morgan fingerprint density at radius 2 is 1.62 bits per heavy atom. The number of nitrogens with zero attached hydrogens (tertiary/aromatic N) is 4. The lowest BCUT2D eigenvalue weighted by Gasteiger charge is -2.04. The second-order valence-corrected chi connectivity index (χ2v) is 7.22. The van der Waals surface area contributed by atoms with Crippen LogP contribution in [0.4, 0.5) is 11.4 Å². The van der Waals surface area contributed by atoms with E-state index in [4.69, 9.17) is 57.4 Å². The van der Waals surface area contributed by atoms with Crippen LogP contribution in [0.25, 0.3) is 0 Å². The van der Waals surface area contributed by atoms with Crippen LogP contribution < -0.4 is 5.73 Å². The van der Waals surface area contributed by atoms with E-state index in [0.29, 0.717) is 16.4 Å². The number of nitriles is 1. The molecule has 0 saturated carbocycles. The summed E-state index contributed by atoms with van der Waals surface area (Å²) in [4.78, 5) is 29.7. The maximum absolute atomic E-state index is 12.1. The van der Waals surface area contributed by atoms with Crippen molar-refractivity contribution in [3.63, 3.8) is 0 Å². The van der Waals surface area contributed by atoms with Gasteiger partial charge in [0.15, 0.2) is 10.9 Å². The number of nitrogens with two attached hydrogens (primary N) is 1. The number of nitro groups is 1. The van der Waals surface area contributed by atoms with Gasteiger partial charge < -0.3 is 5.73 Å². The third-order valence-electron chi connectivity index (χ3n) is 3.47. The highest BCUT2D eigenvalue weighted by Crippen LogP contribution is 2.20. The Balaban J connectivity index is 0.000000354. The fourth-order valence-corrected chi connectivity index (χ4v) is 2.82. The molecule has 0 aliphatic heterocycles. The Kier molecular flexibility index (Phi) is 11.4. The zero-order chi connectivity index (χ0) is 24.3. The molecule has 0 bridgehead atoms. The maximum Gasteiger partial charge on any atom is 0.270 e. The van der Waals surface area contributed by atoms with E-state index in [0.717, 1.165) is 0 Å². The SMILES string of the molecule is CC#N.Nc1ccc(Cl)nc1Cl.O=C(Cc1ccc(Cl)nc1Cl)c1cccc([N+](=O)[O-])c1. The molecule has 2 aromatic heterocycles. The quantitative estimate of drug-likeness (QED) is 0.189. The Morgan fingerprint density at radius 1 is 1.06 bits per heavy atom. The van der Waals surface area contributed by atoms with Crippen LogP contribution in [0.2, 0.25) is 20.6 Å². The third kappa shape index (κ3) is 9.04. The normalized spacial score (nSPS) is 9.38. The van der Waals surface area contributed by atoms with Gasteiger partial charge in [-0.05, 0) is 23.8 Å². The first-order chi connectivity index (χ1) is 15.1. The molecule has 3 aromatic rings. The van der Waals surface area contributed by atoms with E-state index < -0.39 is 4.92 Å². The number of carbonyl (C=O) groups excluding carboxylic acids is 1. The van der Waals surface area contributed by atoms with E-state index in [9.17, 15) is 14.9 Å². The largest absolute Gasteiger partial charge is 0.396 e. The van der Waals surface area contributed by atoms with Crippen molar-refractivity contribution in [2.24, 2.45) is 0 Å². The molecule has 0 fully saturated rings. The second kappa shape index (κ2) is 13.5. The highest BCUT2D eigenvalue weighted by Gasteiger charge is 2.14. The Morgan fingerprint density at radius 3 is 2.12 bits per heavy atom. The van der Waals surface area contributed by atoms with Crippen LogP contribution in [0.5, 0.6) is 0 Å². The number of hydrogen-bond acceptors (Lipinski definition) is 7. The Hall–Kier alpha value is -2.96. The van der Waals surface area contributed by atoms with Crippen molar-refractivity contribution >= 4 is 63.6 Å². The van der Waals surface area contributed by atoms with Crippen molar-refractivity contribution < 1.29 is 9.72 Å². The lowest BCUT2D eigenvalue weighted by Crippen LogP contribution is -2.05. The molecule has 0 aliphatic rings. The van der Waals surface area contributed by atoms with Gasteiger partial charge in [0.05, 0.1) is 16.7 Å². The van der Waals surface area contributed by atoms with Crippen molar-refractivity contribution in [1.29, 1.82) is 5.26 Å². The number of pyridine rings is 2. The van der Waals surface area contributed by atoms with Crippen LogP contribution in [-0.2, 0) is 6.42 Å². The van der Waals surface area contributed by atoms with Gasteiger partial charge in [-0.25, -0.2) is 9.97 Å². The molecule has 2 heterocycles. The van der Waals surface area contributed by atoms with Gasteiger partial charge in [-0.1, -0.05) is 64.6 Å². The predicted molar refractivity (Wildman–Crippen MR) is 125 cm³/mol. The maximum atomic E-state index is 12.1. The standard InChI is InChI=1S/C13H8Cl2N2O3.C5H4Cl2N2.C2H3N/c14-12-5-4-9(13(15)16-12)7-11(18)8-2-1-3-10(6-8)17(19)20;6-4-2-1-3(8)5(7)9-4;1-2-3/h1-6H,7H2;1-2H,8H2;1H3. The fraction of sp³-hybridized carbons (Fsp3) is 0.100. The van der Waals surface area contributed by atoms with Gasteiger partial charge in [0.25, 0.3) is 5.69 Å². The molecule has 2 N–H and O–H groups in total. The van der Waals surface area contributed by atoms with Gasteiger partial charge in [-0.15, -0.1) is 0 Å². The molecule has 0 spiro atoms. The first-order valence-corrected chi connectivity index (χ1v) is 10.1. The Labute approximate surface area is 203 Å². The summed E-state index contributed by atoms with van der Waals surface area (Å²) in [6, 6.07) is 13.6. The predicted octanol–water partition coefficient (Wildman–Crippen LogP) is 6.22. The van der Waals surface area contributed by atoms with Gasteiger partial charge in [-0.2, -0.15) is 5.26 Å². The molecule has 8 nitrogen and oxygen atoms in total. The summed E-state index contributed by atoms with van der Waals surface area (Å²) >= 11 is 22.5. The molecule has 0 aliphatic carbocycles. The number of rotatable bonds is 4. The van der Waals surface area contributed by atoms with Crippen molar-refractivity contribution in [3.05, 3.63) is 90.4 Å². The second-order valence-electron chi connectivity index (χ2n) is 5.73. The van der Waals surface area contributed by atoms with E-state index in [1.807, 2.05) is 0 Å². The number of Topliss-reactive ketones (excluding diaryl/α,β-unsaturated/α-hetero) is 1. The van der Waals surface area contributed by atoms with E-state index >= 15 is 0 Å². The van der Waals surface area contributed by atoms with Crippen molar-refractivity contribution in [3.8, 4) is 6.07 Å². The lowest BCUT2D eigenvalue weighted by molar-refractivity contribution is -0.384. The molecule has 0 radical (unpaired) electrons. The van der Waals surface area contributed by atoms with Crippen LogP contribution in [0.15, 0.2) is 48.5 Å². The van der Waals surface area contributed by atoms with Gasteiger partial charge in [0, 0.05) is 31.0 Å². The number of aromatic nitrogens is 2. The first-order valence-electron chi connectivity index (χ1n) is 8.56. The number of non-ortho nitro benzene ring substituents is 1. The topological polar surface area (TPSA) is 136 Å². The van der Waals surface area contributed by atoms with Crippen molar-refractivity contribution in [1.82, 2.24) is 9.97 Å². The van der Waals surface area contributed by atoms with E-state index in [2.05, 4.69) is 9.97 Å². The molecule has 166 valence electrons. The highest BCUT2D eigenvalue weighted by atomic mass is 35.5. The van der Waals surface area contributed by atoms with Crippen LogP contribution in [-0.4, -0.2) is 20.7 Å². The number of anilines is 1. The highest BCUT2D eigenvalue weighted by molar-refractivity contribution is 6.34. The summed E-state index contributed by atoms with van der Waals surface area (Å²) in [7, 11) is 0. The summed E-state index contributed by atoms with van der Waals surface area (Å²) in [6.45, 7) is 1.43. The van der Waals surface area contributed by atoms with E-state index in [-0.39, 0.29) is 38.9 Å². The van der Waals surface area contributed by atoms with Crippen molar-refractivity contribution in [2.45, 2.75) is 13.3 Å². The molecule has 12 heteroatoms. The number of halogens is 4. The van der Waals surface area contributed by atoms with Gasteiger partial charge in [-0.3, -0.25) is 14.9 Å². The number of ketones is 1. The molecule has 0 amide bonds. The summed E-state index contributed by atoms with van der Waals surface area (Å²) in [6.07, 6.45) is 0.00414. The number of benzene rings is 1. The Bertz CT molecular complexity index is 1150. The average Bonchev–Trinajstić information content (AvgIpc) is 2.74. The summed E-state index contributed by atoms with van der Waals surface area (Å²) in [5.74, 6) is -0.278. The first kappa shape index (κ1) is 27.1. The van der Waals surface area contributed by atoms with Gasteiger partial charge in [0.2, 0.25) is 0 Å². The van der Waals surface area contributed by atoms with Gasteiger partial charge >= 0.3 is 0 Å². The number of nitrogen functional groups attached to an aromatic ring is 1. The molecule has 32 heavy (non-hydrogen) atoms. The number of hydrogen-bond donors (Lipinski definition) is 1. The monoisotopic (exact) mass is 513 g/mol. The van der Waals surface area contributed by atoms with Crippen LogP contribution >= 0.6 is 46.4 Å². The average molecular weight is 515 g/mol. The molecular weight excluding hydrogens is 500 g/mol. The summed E-state index contributed by atoms with van der Waals surface area (Å²) in [5, 5.41) is 19.0. The van der Waals surface area contributed by atoms with Crippen LogP contribution in [0.3, 0.4) is 0 Å². The fourth-order valence-electron chi connectivity index (χ4n) is 2.06. The minimum absolute atomic E-state index is 0.00414. The molecule has 0 saturated heterocycles. The molecular formula is C20H15Cl4N5O3. The lowest BCUT2D eigenvalue weighted by atomic mass is 10.0. The van der Waals surface area contributed by atoms with Crippen LogP contribution in [0.1, 0.15) is 22.8 Å². The summed E-state index contributed by atoms with van der Waals surface area (Å²) < 4.78 is 0. The van der Waals surface area contributed by atoms with Crippen molar-refractivity contribution in [2.75, 3.05) is 5.73 Å². The van der Waals surface area contributed by atoms with E-state index in [1.165, 1.54) is 37.3 Å². The van der Waals surface area contributed by atoms with Crippen LogP contribution in [0, 0.1) is 21.4 Å². The van der Waals surface area contributed by atoms with Gasteiger partial charge in [0.1, 0.15) is 15.5 Å². The molecule has 0 atom stereocenters. The van der Waals surface area contributed by atoms with E-state index in [1.54, 1.807) is 24.3 Å². The smallest absolute Gasteiger partial charge is 0.270 e.